The summed E-state index contributed by atoms with van der Waals surface area (Å²) >= 11 is 3.16. The van der Waals surface area contributed by atoms with Crippen molar-refractivity contribution in [2.24, 2.45) is 0 Å². The van der Waals surface area contributed by atoms with Gasteiger partial charge in [-0.05, 0) is 25.5 Å². The van der Waals surface area contributed by atoms with E-state index in [-0.39, 0.29) is 12.2 Å². The van der Waals surface area contributed by atoms with Crippen LogP contribution in [0, 0.1) is 12.7 Å². The summed E-state index contributed by atoms with van der Waals surface area (Å²) in [6.07, 6.45) is 0.0496. The van der Waals surface area contributed by atoms with E-state index in [0.29, 0.717) is 15.6 Å². The third-order valence-electron chi connectivity index (χ3n) is 2.00. The lowest BCUT2D eigenvalue weighted by molar-refractivity contribution is -0.116. The van der Waals surface area contributed by atoms with E-state index in [9.17, 15) is 14.3 Å². The number of aromatic hydroxyl groups is 1. The van der Waals surface area contributed by atoms with Gasteiger partial charge in [-0.1, -0.05) is 15.9 Å². The van der Waals surface area contributed by atoms with Crippen LogP contribution in [-0.4, -0.2) is 10.9 Å². The number of phenols is 1. The summed E-state index contributed by atoms with van der Waals surface area (Å²) in [5.74, 6) is -1.25. The van der Waals surface area contributed by atoms with Crippen LogP contribution < -0.4 is 0 Å². The minimum atomic E-state index is -0.710. The molecule has 0 bridgehead atoms. The molecule has 0 aromatic heterocycles. The Morgan fingerprint density at radius 3 is 2.71 bits per heavy atom. The Bertz CT molecular complexity index is 362. The first-order chi connectivity index (χ1) is 6.43. The molecule has 2 nitrogen and oxygen atoms in total. The zero-order valence-corrected chi connectivity index (χ0v) is 9.48. The van der Waals surface area contributed by atoms with E-state index < -0.39 is 11.6 Å². The SMILES string of the molecule is CC(=O)Cc1c(C)c(Br)cc(F)c1O. The second-order valence-corrected chi connectivity index (χ2v) is 4.03. The third-order valence-corrected chi connectivity index (χ3v) is 2.83. The molecule has 0 saturated carbocycles. The normalized spacial score (nSPS) is 10.3. The predicted octanol–water partition coefficient (Wildman–Crippen LogP) is 2.73. The fourth-order valence-corrected chi connectivity index (χ4v) is 1.66. The van der Waals surface area contributed by atoms with Crippen molar-refractivity contribution in [3.05, 3.63) is 27.5 Å². The standard InChI is InChI=1S/C10H10BrFO2/c1-5(13)3-7-6(2)8(11)4-9(12)10(7)14/h4,14H,3H2,1-2H3. The molecular formula is C10H10BrFO2. The first kappa shape index (κ1) is 11.2. The quantitative estimate of drug-likeness (QED) is 0.888. The van der Waals surface area contributed by atoms with Crippen molar-refractivity contribution < 1.29 is 14.3 Å². The van der Waals surface area contributed by atoms with Crippen LogP contribution in [0.2, 0.25) is 0 Å². The van der Waals surface area contributed by atoms with E-state index in [1.54, 1.807) is 6.92 Å². The Morgan fingerprint density at radius 1 is 1.64 bits per heavy atom. The fraction of sp³-hybridized carbons (Fsp3) is 0.300. The van der Waals surface area contributed by atoms with Gasteiger partial charge < -0.3 is 5.11 Å². The van der Waals surface area contributed by atoms with Gasteiger partial charge >= 0.3 is 0 Å². The van der Waals surface area contributed by atoms with Crippen molar-refractivity contribution in [1.82, 2.24) is 0 Å². The summed E-state index contributed by atoms with van der Waals surface area (Å²) in [5.41, 5.74) is 1.04. The molecular weight excluding hydrogens is 251 g/mol. The molecule has 14 heavy (non-hydrogen) atoms. The highest BCUT2D eigenvalue weighted by Crippen LogP contribution is 2.31. The number of ketones is 1. The van der Waals surface area contributed by atoms with Gasteiger partial charge in [-0.15, -0.1) is 0 Å². The van der Waals surface area contributed by atoms with Crippen molar-refractivity contribution >= 4 is 21.7 Å². The molecule has 4 heteroatoms. The van der Waals surface area contributed by atoms with E-state index in [1.807, 2.05) is 0 Å². The molecule has 0 aliphatic carbocycles. The monoisotopic (exact) mass is 260 g/mol. The summed E-state index contributed by atoms with van der Waals surface area (Å²) in [4.78, 5) is 10.9. The number of Topliss-reactive ketones (excluding diaryl/α,β-unsaturated/α-hetero) is 1. The maximum atomic E-state index is 13.1. The van der Waals surface area contributed by atoms with Crippen molar-refractivity contribution in [3.8, 4) is 5.75 Å². The van der Waals surface area contributed by atoms with Crippen LogP contribution >= 0.6 is 15.9 Å². The number of rotatable bonds is 2. The fourth-order valence-electron chi connectivity index (χ4n) is 1.22. The third kappa shape index (κ3) is 2.12. The summed E-state index contributed by atoms with van der Waals surface area (Å²) in [7, 11) is 0. The van der Waals surface area contributed by atoms with Gasteiger partial charge in [0.25, 0.3) is 0 Å². The summed E-state index contributed by atoms with van der Waals surface area (Å²) in [6.45, 7) is 3.12. The Balaban J connectivity index is 3.31. The zero-order valence-electron chi connectivity index (χ0n) is 7.90. The number of benzene rings is 1. The maximum Gasteiger partial charge on any atom is 0.166 e. The molecule has 0 fully saturated rings. The van der Waals surface area contributed by atoms with Gasteiger partial charge in [0.15, 0.2) is 11.6 Å². The zero-order chi connectivity index (χ0) is 10.9. The van der Waals surface area contributed by atoms with Crippen LogP contribution in [-0.2, 0) is 11.2 Å². The molecule has 0 radical (unpaired) electrons. The number of hydrogen-bond donors (Lipinski definition) is 1. The predicted molar refractivity (Wildman–Crippen MR) is 54.9 cm³/mol. The second kappa shape index (κ2) is 4.09. The first-order valence-electron chi connectivity index (χ1n) is 4.09. The van der Waals surface area contributed by atoms with Gasteiger partial charge in [-0.2, -0.15) is 0 Å². The molecule has 0 spiro atoms. The van der Waals surface area contributed by atoms with Crippen molar-refractivity contribution in [2.45, 2.75) is 20.3 Å². The first-order valence-corrected chi connectivity index (χ1v) is 4.88. The number of hydrogen-bond acceptors (Lipinski definition) is 2. The van der Waals surface area contributed by atoms with Crippen LogP contribution in [0.3, 0.4) is 0 Å². The van der Waals surface area contributed by atoms with Crippen LogP contribution in [0.1, 0.15) is 18.1 Å². The highest BCUT2D eigenvalue weighted by atomic mass is 79.9. The molecule has 0 amide bonds. The number of halogens is 2. The van der Waals surface area contributed by atoms with Crippen LogP contribution in [0.25, 0.3) is 0 Å². The molecule has 0 unspecified atom stereocenters. The Morgan fingerprint density at radius 2 is 2.21 bits per heavy atom. The van der Waals surface area contributed by atoms with Crippen molar-refractivity contribution in [2.75, 3.05) is 0 Å². The summed E-state index contributed by atoms with van der Waals surface area (Å²) in [6, 6.07) is 1.19. The maximum absolute atomic E-state index is 13.1. The molecule has 0 saturated heterocycles. The lowest BCUT2D eigenvalue weighted by atomic mass is 10.0. The van der Waals surface area contributed by atoms with Crippen molar-refractivity contribution in [1.29, 1.82) is 0 Å². The smallest absolute Gasteiger partial charge is 0.166 e. The van der Waals surface area contributed by atoms with E-state index in [2.05, 4.69) is 15.9 Å². The highest BCUT2D eigenvalue weighted by Gasteiger charge is 2.14. The van der Waals surface area contributed by atoms with Crippen LogP contribution in [0.15, 0.2) is 10.5 Å². The largest absolute Gasteiger partial charge is 0.505 e. The molecule has 0 heterocycles. The van der Waals surface area contributed by atoms with E-state index in [1.165, 1.54) is 13.0 Å². The van der Waals surface area contributed by atoms with E-state index in [4.69, 9.17) is 0 Å². The summed E-state index contributed by atoms with van der Waals surface area (Å²) in [5, 5.41) is 9.40. The molecule has 0 aliphatic heterocycles. The van der Waals surface area contributed by atoms with E-state index in [0.717, 1.165) is 0 Å². The van der Waals surface area contributed by atoms with E-state index >= 15 is 0 Å². The average Bonchev–Trinajstić information content (AvgIpc) is 2.09. The highest BCUT2D eigenvalue weighted by molar-refractivity contribution is 9.10. The number of carbonyl (C=O) groups excluding carboxylic acids is 1. The molecule has 0 atom stereocenters. The van der Waals surface area contributed by atoms with Gasteiger partial charge in [-0.3, -0.25) is 4.79 Å². The minimum Gasteiger partial charge on any atom is -0.505 e. The lowest BCUT2D eigenvalue weighted by Gasteiger charge is -2.09. The van der Waals surface area contributed by atoms with Gasteiger partial charge in [0.05, 0.1) is 0 Å². The van der Waals surface area contributed by atoms with Gasteiger partial charge in [0.1, 0.15) is 5.78 Å². The van der Waals surface area contributed by atoms with Gasteiger partial charge in [-0.25, -0.2) is 4.39 Å². The Labute approximate surface area is 89.9 Å². The molecule has 1 N–H and O–H groups in total. The number of carbonyl (C=O) groups is 1. The molecule has 0 aliphatic rings. The van der Waals surface area contributed by atoms with Crippen LogP contribution in [0.4, 0.5) is 4.39 Å². The lowest BCUT2D eigenvalue weighted by Crippen LogP contribution is -2.01. The Hall–Kier alpha value is -0.900. The molecule has 76 valence electrons. The van der Waals surface area contributed by atoms with Gasteiger partial charge in [0.2, 0.25) is 0 Å². The van der Waals surface area contributed by atoms with Gasteiger partial charge in [0, 0.05) is 16.5 Å². The Kier molecular flexibility index (Phi) is 3.26. The topological polar surface area (TPSA) is 37.3 Å². The average molecular weight is 261 g/mol. The molecule has 1 rings (SSSR count). The minimum absolute atomic E-state index is 0.0496. The molecule has 1 aromatic rings. The van der Waals surface area contributed by atoms with Crippen molar-refractivity contribution in [3.63, 3.8) is 0 Å². The number of phenolic OH excluding ortho intramolecular Hbond substituents is 1. The molecule has 1 aromatic carbocycles. The van der Waals surface area contributed by atoms with Crippen LogP contribution in [0.5, 0.6) is 5.75 Å². The summed E-state index contributed by atoms with van der Waals surface area (Å²) < 4.78 is 13.6. The second-order valence-electron chi connectivity index (χ2n) is 3.17.